The Morgan fingerprint density at radius 1 is 1.31 bits per heavy atom. The SMILES string of the molecule is NC(=O)c1c(NC(=O)CSc2nc3cc(Cl)ccc3s2)sc2c1CCC2. The van der Waals surface area contributed by atoms with Gasteiger partial charge >= 0.3 is 0 Å². The standard InChI is InChI=1S/C17H14ClN3O2S3/c18-8-4-5-12-10(6-8)20-17(26-12)24-7-13(22)21-16-14(15(19)23)9-2-1-3-11(9)25-16/h4-6H,1-3,7H2,(H2,19,23)(H,21,22). The average molecular weight is 424 g/mol. The third-order valence-electron chi connectivity index (χ3n) is 4.08. The number of rotatable bonds is 5. The first-order valence-electron chi connectivity index (χ1n) is 7.94. The number of benzene rings is 1. The van der Waals surface area contributed by atoms with Crippen molar-refractivity contribution in [2.45, 2.75) is 23.6 Å². The molecule has 2 aromatic heterocycles. The van der Waals surface area contributed by atoms with Gasteiger partial charge in [-0.15, -0.1) is 22.7 Å². The summed E-state index contributed by atoms with van der Waals surface area (Å²) in [5.74, 6) is -0.431. The molecule has 1 aliphatic carbocycles. The fraction of sp³-hybridized carbons (Fsp3) is 0.235. The van der Waals surface area contributed by atoms with Crippen LogP contribution in [-0.4, -0.2) is 22.6 Å². The number of nitrogens with two attached hydrogens (primary N) is 1. The number of thiazole rings is 1. The van der Waals surface area contributed by atoms with Gasteiger partial charge in [-0.05, 0) is 43.0 Å². The van der Waals surface area contributed by atoms with Gasteiger partial charge in [0.15, 0.2) is 4.34 Å². The first-order valence-corrected chi connectivity index (χ1v) is 10.9. The second-order valence-electron chi connectivity index (χ2n) is 5.85. The van der Waals surface area contributed by atoms with Gasteiger partial charge in [0, 0.05) is 9.90 Å². The van der Waals surface area contributed by atoms with E-state index in [1.54, 1.807) is 0 Å². The number of anilines is 1. The van der Waals surface area contributed by atoms with Crippen LogP contribution in [0.2, 0.25) is 5.02 Å². The van der Waals surface area contributed by atoms with Gasteiger partial charge in [0.2, 0.25) is 5.91 Å². The fourth-order valence-electron chi connectivity index (χ4n) is 2.98. The zero-order valence-electron chi connectivity index (χ0n) is 13.5. The number of hydrogen-bond acceptors (Lipinski definition) is 6. The number of halogens is 1. The van der Waals surface area contributed by atoms with E-state index < -0.39 is 5.91 Å². The van der Waals surface area contributed by atoms with Crippen LogP contribution >= 0.6 is 46.0 Å². The normalized spacial score (nSPS) is 13.1. The maximum Gasteiger partial charge on any atom is 0.251 e. The van der Waals surface area contributed by atoms with E-state index in [0.717, 1.165) is 44.3 Å². The number of hydrogen-bond donors (Lipinski definition) is 2. The highest BCUT2D eigenvalue weighted by Gasteiger charge is 2.26. The van der Waals surface area contributed by atoms with Crippen LogP contribution in [0.3, 0.4) is 0 Å². The van der Waals surface area contributed by atoms with Gasteiger partial charge in [0.1, 0.15) is 5.00 Å². The number of nitrogens with one attached hydrogen (secondary N) is 1. The van der Waals surface area contributed by atoms with Gasteiger partial charge in [-0.25, -0.2) is 4.98 Å². The van der Waals surface area contributed by atoms with E-state index in [4.69, 9.17) is 17.3 Å². The van der Waals surface area contributed by atoms with Crippen molar-refractivity contribution in [2.75, 3.05) is 11.1 Å². The lowest BCUT2D eigenvalue weighted by Crippen LogP contribution is -2.18. The zero-order chi connectivity index (χ0) is 18.3. The molecule has 134 valence electrons. The van der Waals surface area contributed by atoms with Gasteiger partial charge < -0.3 is 11.1 Å². The summed E-state index contributed by atoms with van der Waals surface area (Å²) in [6, 6.07) is 5.56. The summed E-state index contributed by atoms with van der Waals surface area (Å²) in [4.78, 5) is 29.8. The lowest BCUT2D eigenvalue weighted by Gasteiger charge is -2.05. The quantitative estimate of drug-likeness (QED) is 0.598. The molecule has 0 spiro atoms. The van der Waals surface area contributed by atoms with Gasteiger partial charge in [-0.1, -0.05) is 23.4 Å². The molecule has 0 aliphatic heterocycles. The summed E-state index contributed by atoms with van der Waals surface area (Å²) in [6.07, 6.45) is 2.83. The predicted octanol–water partition coefficient (Wildman–Crippen LogP) is 4.33. The third-order valence-corrected chi connectivity index (χ3v) is 7.70. The van der Waals surface area contributed by atoms with E-state index in [9.17, 15) is 9.59 Å². The number of carbonyl (C=O) groups excluding carboxylic acids is 2. The summed E-state index contributed by atoms with van der Waals surface area (Å²) in [6.45, 7) is 0. The minimum absolute atomic E-state index is 0.172. The summed E-state index contributed by atoms with van der Waals surface area (Å²) < 4.78 is 1.84. The van der Waals surface area contributed by atoms with Gasteiger partial charge in [-0.2, -0.15) is 0 Å². The van der Waals surface area contributed by atoms with Crippen molar-refractivity contribution in [1.29, 1.82) is 0 Å². The predicted molar refractivity (Wildman–Crippen MR) is 109 cm³/mol. The molecule has 5 nitrogen and oxygen atoms in total. The largest absolute Gasteiger partial charge is 0.365 e. The van der Waals surface area contributed by atoms with Crippen molar-refractivity contribution in [3.8, 4) is 0 Å². The van der Waals surface area contributed by atoms with Crippen molar-refractivity contribution >= 4 is 73.1 Å². The number of fused-ring (bicyclic) bond motifs is 2. The van der Waals surface area contributed by atoms with Crippen LogP contribution in [-0.2, 0) is 17.6 Å². The molecule has 0 saturated heterocycles. The van der Waals surface area contributed by atoms with Crippen LogP contribution in [0.25, 0.3) is 10.2 Å². The van der Waals surface area contributed by atoms with Gasteiger partial charge in [0.05, 0.1) is 21.5 Å². The van der Waals surface area contributed by atoms with E-state index in [1.807, 2.05) is 18.2 Å². The summed E-state index contributed by atoms with van der Waals surface area (Å²) in [5, 5.41) is 4.06. The Bertz CT molecular complexity index is 1030. The number of primary amides is 1. The van der Waals surface area contributed by atoms with E-state index in [-0.39, 0.29) is 11.7 Å². The summed E-state index contributed by atoms with van der Waals surface area (Å²) in [5.41, 5.74) is 7.84. The molecular weight excluding hydrogens is 410 g/mol. The monoisotopic (exact) mass is 423 g/mol. The fourth-order valence-corrected chi connectivity index (χ4v) is 6.31. The number of thiophene rings is 1. The number of carbonyl (C=O) groups is 2. The molecule has 3 aromatic rings. The maximum atomic E-state index is 12.3. The lowest BCUT2D eigenvalue weighted by atomic mass is 10.1. The van der Waals surface area contributed by atoms with Crippen LogP contribution in [0, 0.1) is 0 Å². The van der Waals surface area contributed by atoms with E-state index in [2.05, 4.69) is 10.3 Å². The molecule has 0 atom stereocenters. The molecule has 2 heterocycles. The molecule has 2 amide bonds. The molecular formula is C17H14ClN3O2S3. The van der Waals surface area contributed by atoms with E-state index in [0.29, 0.717) is 15.6 Å². The highest BCUT2D eigenvalue weighted by molar-refractivity contribution is 8.01. The smallest absolute Gasteiger partial charge is 0.251 e. The Balaban J connectivity index is 1.45. The van der Waals surface area contributed by atoms with Crippen molar-refractivity contribution in [2.24, 2.45) is 5.73 Å². The Kier molecular flexibility index (Phi) is 4.92. The molecule has 0 saturated carbocycles. The molecule has 1 aliphatic rings. The molecule has 0 unspecified atom stereocenters. The second kappa shape index (κ2) is 7.19. The van der Waals surface area contributed by atoms with E-state index in [1.165, 1.54) is 34.4 Å². The molecule has 0 fully saturated rings. The zero-order valence-corrected chi connectivity index (χ0v) is 16.7. The number of nitrogens with zero attached hydrogens (tertiary/aromatic N) is 1. The van der Waals surface area contributed by atoms with Crippen molar-refractivity contribution in [3.05, 3.63) is 39.2 Å². The second-order valence-corrected chi connectivity index (χ2v) is 9.65. The Labute approximate surface area is 166 Å². The number of amides is 2. The van der Waals surface area contributed by atoms with Crippen LogP contribution in [0.4, 0.5) is 5.00 Å². The van der Waals surface area contributed by atoms with Gasteiger partial charge in [0.25, 0.3) is 5.91 Å². The van der Waals surface area contributed by atoms with Crippen molar-refractivity contribution in [3.63, 3.8) is 0 Å². The van der Waals surface area contributed by atoms with Crippen LogP contribution in [0.5, 0.6) is 0 Å². The molecule has 0 bridgehead atoms. The van der Waals surface area contributed by atoms with Crippen molar-refractivity contribution < 1.29 is 9.59 Å². The van der Waals surface area contributed by atoms with E-state index >= 15 is 0 Å². The Morgan fingerprint density at radius 3 is 2.96 bits per heavy atom. The molecule has 1 aromatic carbocycles. The lowest BCUT2D eigenvalue weighted by molar-refractivity contribution is -0.113. The average Bonchev–Trinajstić information content (AvgIpc) is 3.25. The highest BCUT2D eigenvalue weighted by Crippen LogP contribution is 2.39. The highest BCUT2D eigenvalue weighted by atomic mass is 35.5. The minimum atomic E-state index is -0.476. The molecule has 4 rings (SSSR count). The van der Waals surface area contributed by atoms with Crippen molar-refractivity contribution in [1.82, 2.24) is 4.98 Å². The molecule has 3 N–H and O–H groups in total. The first kappa shape index (κ1) is 17.8. The third kappa shape index (κ3) is 3.46. The number of thioether (sulfide) groups is 1. The number of aromatic nitrogens is 1. The molecule has 9 heteroatoms. The summed E-state index contributed by atoms with van der Waals surface area (Å²) in [7, 11) is 0. The maximum absolute atomic E-state index is 12.3. The molecule has 26 heavy (non-hydrogen) atoms. The van der Waals surface area contributed by atoms with Gasteiger partial charge in [-0.3, -0.25) is 9.59 Å². The van der Waals surface area contributed by atoms with Crippen LogP contribution in [0.15, 0.2) is 22.5 Å². The molecule has 0 radical (unpaired) electrons. The number of aryl methyl sites for hydroxylation is 1. The topological polar surface area (TPSA) is 85.1 Å². The minimum Gasteiger partial charge on any atom is -0.365 e. The Hall–Kier alpha value is -1.61. The Morgan fingerprint density at radius 2 is 2.15 bits per heavy atom. The van der Waals surface area contributed by atoms with Crippen LogP contribution in [0.1, 0.15) is 27.2 Å². The van der Waals surface area contributed by atoms with Crippen LogP contribution < -0.4 is 11.1 Å². The summed E-state index contributed by atoms with van der Waals surface area (Å²) >= 11 is 10.3. The first-order chi connectivity index (χ1) is 12.5.